The van der Waals surface area contributed by atoms with Crippen molar-refractivity contribution in [3.8, 4) is 11.2 Å². The molecule has 114 valence electrons. The highest BCUT2D eigenvalue weighted by Gasteiger charge is 2.23. The minimum Gasteiger partial charge on any atom is -0.507 e. The Morgan fingerprint density at radius 1 is 1.05 bits per heavy atom. The molecule has 0 atom stereocenters. The number of rotatable bonds is 2. The second kappa shape index (κ2) is 5.44. The van der Waals surface area contributed by atoms with E-state index in [9.17, 15) is 5.11 Å². The zero-order chi connectivity index (χ0) is 15.9. The van der Waals surface area contributed by atoms with Crippen LogP contribution in [0.5, 0.6) is 11.2 Å². The number of aromatic hydroxyl groups is 1. The Hall–Kier alpha value is -1.79. The highest BCUT2D eigenvalue weighted by molar-refractivity contribution is 7.34. The average Bonchev–Trinajstić information content (AvgIpc) is 2.48. The largest absolute Gasteiger partial charge is 0.507 e. The van der Waals surface area contributed by atoms with Crippen LogP contribution in [0.3, 0.4) is 0 Å². The maximum Gasteiger partial charge on any atom is 0.154 e. The molecule has 1 heterocycles. The highest BCUT2D eigenvalue weighted by Crippen LogP contribution is 2.50. The molecule has 0 spiro atoms. The summed E-state index contributed by atoms with van der Waals surface area (Å²) in [6.45, 7) is 9.01. The molecule has 1 aromatic heterocycles. The Morgan fingerprint density at radius 2 is 1.77 bits per heavy atom. The molecule has 0 radical (unpaired) electrons. The van der Waals surface area contributed by atoms with Crippen molar-refractivity contribution in [2.24, 2.45) is 0 Å². The monoisotopic (exact) mass is 312 g/mol. The molecule has 2 aromatic carbocycles. The Labute approximate surface area is 132 Å². The molecule has 0 saturated carbocycles. The van der Waals surface area contributed by atoms with Crippen LogP contribution in [0.15, 0.2) is 36.4 Å². The SMILES string of the molecule is CCOc1pc(C(C)(C)C)c(O)c2ccc3ccccc3c12. The van der Waals surface area contributed by atoms with Gasteiger partial charge in [-0.05, 0) is 37.4 Å². The maximum absolute atomic E-state index is 10.8. The highest BCUT2D eigenvalue weighted by atomic mass is 31.0. The summed E-state index contributed by atoms with van der Waals surface area (Å²) in [5.41, 5.74) is 0.842. The van der Waals surface area contributed by atoms with E-state index in [-0.39, 0.29) is 5.41 Å². The van der Waals surface area contributed by atoms with E-state index in [1.165, 1.54) is 5.39 Å². The summed E-state index contributed by atoms with van der Waals surface area (Å²) in [5, 5.41) is 16.0. The van der Waals surface area contributed by atoms with E-state index < -0.39 is 0 Å². The molecule has 0 amide bonds. The molecular formula is C19H21O2P. The van der Waals surface area contributed by atoms with E-state index in [1.807, 2.05) is 25.1 Å². The van der Waals surface area contributed by atoms with Gasteiger partial charge in [-0.15, -0.1) is 0 Å². The van der Waals surface area contributed by atoms with E-state index >= 15 is 0 Å². The molecule has 3 aromatic rings. The molecule has 1 N–H and O–H groups in total. The van der Waals surface area contributed by atoms with E-state index in [2.05, 4.69) is 39.0 Å². The van der Waals surface area contributed by atoms with E-state index in [0.717, 1.165) is 35.1 Å². The van der Waals surface area contributed by atoms with E-state index in [0.29, 0.717) is 12.4 Å². The quantitative estimate of drug-likeness (QED) is 0.590. The molecule has 3 heteroatoms. The van der Waals surface area contributed by atoms with Crippen molar-refractivity contribution in [1.82, 2.24) is 0 Å². The van der Waals surface area contributed by atoms with Crippen LogP contribution in [0, 0.1) is 0 Å². The van der Waals surface area contributed by atoms with Crippen LogP contribution < -0.4 is 4.74 Å². The molecule has 0 fully saturated rings. The third kappa shape index (κ3) is 2.42. The molecule has 0 bridgehead atoms. The summed E-state index contributed by atoms with van der Waals surface area (Å²) >= 11 is 0. The first-order chi connectivity index (χ1) is 10.4. The van der Waals surface area contributed by atoms with Gasteiger partial charge in [0.25, 0.3) is 0 Å². The third-order valence-electron chi connectivity index (χ3n) is 3.83. The summed E-state index contributed by atoms with van der Waals surface area (Å²) in [6.07, 6.45) is 0. The Bertz CT molecular complexity index is 847. The van der Waals surface area contributed by atoms with Gasteiger partial charge in [-0.2, -0.15) is 0 Å². The lowest BCUT2D eigenvalue weighted by Gasteiger charge is -2.23. The molecule has 3 rings (SSSR count). The molecule has 0 saturated heterocycles. The Balaban J connectivity index is 2.49. The van der Waals surface area contributed by atoms with Crippen molar-refractivity contribution in [2.75, 3.05) is 6.61 Å². The van der Waals surface area contributed by atoms with Crippen LogP contribution in [-0.4, -0.2) is 11.7 Å². The van der Waals surface area contributed by atoms with Crippen LogP contribution in [0.1, 0.15) is 33.0 Å². The van der Waals surface area contributed by atoms with Gasteiger partial charge in [0.2, 0.25) is 0 Å². The molecular weight excluding hydrogens is 291 g/mol. The van der Waals surface area contributed by atoms with Gasteiger partial charge in [0.05, 0.1) is 6.61 Å². The van der Waals surface area contributed by atoms with Crippen LogP contribution in [0.4, 0.5) is 0 Å². The topological polar surface area (TPSA) is 29.5 Å². The lowest BCUT2D eigenvalue weighted by atomic mass is 9.92. The first-order valence-corrected chi connectivity index (χ1v) is 8.50. The fourth-order valence-corrected chi connectivity index (χ4v) is 4.11. The smallest absolute Gasteiger partial charge is 0.154 e. The predicted octanol–water partition coefficient (Wildman–Crippen LogP) is 5.97. The van der Waals surface area contributed by atoms with Gasteiger partial charge in [0.15, 0.2) is 5.48 Å². The van der Waals surface area contributed by atoms with Gasteiger partial charge in [-0.25, -0.2) is 0 Å². The molecule has 0 aliphatic rings. The second-order valence-electron chi connectivity index (χ2n) is 6.51. The van der Waals surface area contributed by atoms with Gasteiger partial charge in [-0.1, -0.05) is 51.1 Å². The Morgan fingerprint density at radius 3 is 2.45 bits per heavy atom. The van der Waals surface area contributed by atoms with Crippen molar-refractivity contribution >= 4 is 29.7 Å². The number of hydrogen-bond donors (Lipinski definition) is 1. The molecule has 22 heavy (non-hydrogen) atoms. The van der Waals surface area contributed by atoms with Crippen molar-refractivity contribution in [1.29, 1.82) is 0 Å². The summed E-state index contributed by atoms with van der Waals surface area (Å²) in [4.78, 5) is 0. The third-order valence-corrected chi connectivity index (χ3v) is 5.49. The number of benzene rings is 2. The average molecular weight is 312 g/mol. The predicted molar refractivity (Wildman–Crippen MR) is 95.5 cm³/mol. The first-order valence-electron chi connectivity index (χ1n) is 7.61. The van der Waals surface area contributed by atoms with Crippen LogP contribution in [0.2, 0.25) is 0 Å². The fourth-order valence-electron chi connectivity index (χ4n) is 2.80. The van der Waals surface area contributed by atoms with Gasteiger partial charge >= 0.3 is 0 Å². The van der Waals surface area contributed by atoms with E-state index in [4.69, 9.17) is 4.74 Å². The van der Waals surface area contributed by atoms with Gasteiger partial charge < -0.3 is 9.84 Å². The van der Waals surface area contributed by atoms with Crippen LogP contribution in [0.25, 0.3) is 21.5 Å². The van der Waals surface area contributed by atoms with Crippen molar-refractivity contribution in [2.45, 2.75) is 33.1 Å². The molecule has 0 aliphatic carbocycles. The van der Waals surface area contributed by atoms with Crippen LogP contribution >= 0.6 is 8.19 Å². The zero-order valence-corrected chi connectivity index (χ0v) is 14.4. The maximum atomic E-state index is 10.8. The first kappa shape index (κ1) is 15.1. The lowest BCUT2D eigenvalue weighted by Crippen LogP contribution is -2.09. The van der Waals surface area contributed by atoms with Gasteiger partial charge in [0.1, 0.15) is 5.75 Å². The summed E-state index contributed by atoms with van der Waals surface area (Å²) in [7, 11) is 0.965. The minimum atomic E-state index is -0.0999. The molecule has 0 unspecified atom stereocenters. The van der Waals surface area contributed by atoms with Crippen molar-refractivity contribution in [3.05, 3.63) is 41.7 Å². The number of fused-ring (bicyclic) bond motifs is 3. The summed E-state index contributed by atoms with van der Waals surface area (Å²) in [6, 6.07) is 12.3. The van der Waals surface area contributed by atoms with Gasteiger partial charge in [0, 0.05) is 16.1 Å². The standard InChI is InChI=1S/C19H21O2P/c1-5-21-18-15-13-9-7-6-8-12(13)10-11-14(15)16(20)17(22-18)19(2,3)4/h6-11,20H,5H2,1-4H3. The molecule has 0 aliphatic heterocycles. The minimum absolute atomic E-state index is 0.0999. The second-order valence-corrected chi connectivity index (χ2v) is 7.58. The molecule has 2 nitrogen and oxygen atoms in total. The number of ether oxygens (including phenoxy) is 1. The van der Waals surface area contributed by atoms with Crippen molar-refractivity contribution in [3.63, 3.8) is 0 Å². The van der Waals surface area contributed by atoms with Gasteiger partial charge in [-0.3, -0.25) is 0 Å². The zero-order valence-electron chi connectivity index (χ0n) is 13.5. The van der Waals surface area contributed by atoms with Crippen LogP contribution in [-0.2, 0) is 5.41 Å². The summed E-state index contributed by atoms with van der Waals surface area (Å²) < 4.78 is 5.95. The van der Waals surface area contributed by atoms with E-state index in [1.54, 1.807) is 0 Å². The number of hydrogen-bond acceptors (Lipinski definition) is 2. The lowest BCUT2D eigenvalue weighted by molar-refractivity contribution is 0.353. The fraction of sp³-hybridized carbons (Fsp3) is 0.316. The Kier molecular flexibility index (Phi) is 3.74. The normalized spacial score (nSPS) is 12.4. The summed E-state index contributed by atoms with van der Waals surface area (Å²) in [5.74, 6) is 0.401. The van der Waals surface area contributed by atoms with Crippen molar-refractivity contribution < 1.29 is 9.84 Å².